The predicted octanol–water partition coefficient (Wildman–Crippen LogP) is 25.7. The Bertz CT molecular complexity index is 5280. The number of fused-ring (bicyclic) bond motifs is 5. The minimum absolute atomic E-state index is 0. The number of benzene rings is 10. The molecule has 15 rings (SSSR count). The van der Waals surface area contributed by atoms with Crippen LogP contribution >= 0.6 is 50.5 Å². The third kappa shape index (κ3) is 21.5. The van der Waals surface area contributed by atoms with Crippen LogP contribution in [0.4, 0.5) is 26.7 Å². The number of nitrogens with zero attached hydrogens (tertiary/aromatic N) is 7. The van der Waals surface area contributed by atoms with Crippen LogP contribution in [-0.4, -0.2) is 77.1 Å². The van der Waals surface area contributed by atoms with Crippen molar-refractivity contribution in [3.05, 3.63) is 280 Å². The molecule has 1 unspecified atom stereocenters. The van der Waals surface area contributed by atoms with Crippen LogP contribution in [0.3, 0.4) is 0 Å². The topological polar surface area (TPSA) is 167 Å². The molecule has 10 aromatic carbocycles. The first-order valence-electron chi connectivity index (χ1n) is 38.3. The Balaban J connectivity index is 0.000000179. The molecule has 1 atom stereocenters. The summed E-state index contributed by atoms with van der Waals surface area (Å²) >= 11 is 20.4. The molecule has 12 aromatic rings. The lowest BCUT2D eigenvalue weighted by Crippen LogP contribution is -2.35. The standard InChI is InChI=1S/2C21H24N2O3.C17H18ClN.2C17H17NO.2CH4.Cl3OP/c2*1-14(2)22-17-13-9-12-16(15-10-7-6-8-11-15)18(17)23(19(22)24)20(25)26-21(3,4)5;1-12(2)19-16-10-6-9-14(15(16)11-17(19)18)13-7-4-3-5-8-13;2*1-12(2)18-16-10-6-9-14(15(16)11-17(18)19)13-7-4-3-5-8-13;;;1-5(2,3)4/h2*6-14H,1-5H3;3-10,12,17H,11H2,1-2H3;2*3-10,12H,11H2,1-2H3;2*1H4;. The van der Waals surface area contributed by atoms with E-state index in [0.717, 1.165) is 71.3 Å². The van der Waals surface area contributed by atoms with E-state index in [2.05, 4.69) is 165 Å². The van der Waals surface area contributed by atoms with Gasteiger partial charge in [0.25, 0.3) is 0 Å². The van der Waals surface area contributed by atoms with E-state index in [1.807, 2.05) is 195 Å². The molecule has 2 aromatic heterocycles. The number of ether oxygens (including phenoxy) is 2. The number of hydrogen-bond acceptors (Lipinski definition) is 10. The lowest BCUT2D eigenvalue weighted by Gasteiger charge is -2.27. The molecule has 610 valence electrons. The molecule has 16 nitrogen and oxygen atoms in total. The lowest BCUT2D eigenvalue weighted by atomic mass is 9.98. The molecule has 0 spiro atoms. The number of carbonyl (C=O) groups excluding carboxylic acids is 4. The summed E-state index contributed by atoms with van der Waals surface area (Å²) in [4.78, 5) is 82.3. The summed E-state index contributed by atoms with van der Waals surface area (Å²) in [5.41, 5.74) is 18.5. The molecule has 0 bridgehead atoms. The van der Waals surface area contributed by atoms with E-state index in [9.17, 15) is 33.3 Å². The first-order valence-corrected chi connectivity index (χ1v) is 43.2. The molecule has 3 aliphatic rings. The Morgan fingerprint density at radius 1 is 0.371 bits per heavy atom. The highest BCUT2D eigenvalue weighted by molar-refractivity contribution is 8.24. The van der Waals surface area contributed by atoms with Crippen molar-refractivity contribution < 1.29 is 33.2 Å². The van der Waals surface area contributed by atoms with Gasteiger partial charge in [-0.2, -0.15) is 9.13 Å². The van der Waals surface area contributed by atoms with Crippen LogP contribution in [-0.2, 0) is 42.9 Å². The average molecular weight is 1660 g/mol. The largest absolute Gasteiger partial charge is 0.443 e. The third-order valence-corrected chi connectivity index (χ3v) is 19.5. The fourth-order valence-electron chi connectivity index (χ4n) is 14.7. The molecule has 5 heterocycles. The summed E-state index contributed by atoms with van der Waals surface area (Å²) in [7, 11) is 0. The molecule has 0 radical (unpaired) electrons. The van der Waals surface area contributed by atoms with Gasteiger partial charge in [0.2, 0.25) is 11.8 Å². The number of imidazole rings is 2. The van der Waals surface area contributed by atoms with Crippen molar-refractivity contribution in [2.45, 2.75) is 192 Å². The second kappa shape index (κ2) is 39.2. The smallest absolute Gasteiger partial charge is 0.423 e. The lowest BCUT2D eigenvalue weighted by molar-refractivity contribution is -0.118. The van der Waals surface area contributed by atoms with Crippen LogP contribution in [0.25, 0.3) is 77.7 Å². The maximum absolute atomic E-state index is 13.1. The van der Waals surface area contributed by atoms with Crippen molar-refractivity contribution in [1.29, 1.82) is 0 Å². The zero-order chi connectivity index (χ0) is 82.8. The van der Waals surface area contributed by atoms with E-state index in [1.54, 1.807) is 50.7 Å². The van der Waals surface area contributed by atoms with Gasteiger partial charge in [-0.1, -0.05) is 239 Å². The molecule has 2 amide bonds. The summed E-state index contributed by atoms with van der Waals surface area (Å²) in [6.07, 6.45) is 0.627. The minimum atomic E-state index is -3.22. The highest BCUT2D eigenvalue weighted by Crippen LogP contribution is 2.61. The van der Waals surface area contributed by atoms with Crippen molar-refractivity contribution in [3.63, 3.8) is 0 Å². The van der Waals surface area contributed by atoms with E-state index in [0.29, 0.717) is 29.9 Å². The van der Waals surface area contributed by atoms with E-state index >= 15 is 0 Å². The molecular weight excluding hydrogens is 1560 g/mol. The van der Waals surface area contributed by atoms with Crippen molar-refractivity contribution in [2.75, 3.05) is 14.7 Å². The van der Waals surface area contributed by atoms with Gasteiger partial charge in [-0.25, -0.2) is 19.2 Å². The van der Waals surface area contributed by atoms with Crippen LogP contribution in [0.5, 0.6) is 0 Å². The fraction of sp³-hybridized carbons (Fsp3) is 0.305. The maximum Gasteiger partial charge on any atom is 0.423 e. The Kier molecular flexibility index (Phi) is 30.8. The Labute approximate surface area is 702 Å². The Morgan fingerprint density at radius 2 is 0.638 bits per heavy atom. The second-order valence-corrected chi connectivity index (χ2v) is 38.5. The number of aromatic nitrogens is 4. The van der Waals surface area contributed by atoms with Crippen LogP contribution in [0.1, 0.15) is 154 Å². The Hall–Kier alpha value is -10.2. The van der Waals surface area contributed by atoms with Crippen molar-refractivity contribution in [1.82, 2.24) is 18.3 Å². The first kappa shape index (κ1) is 91.3. The second-order valence-electron chi connectivity index (χ2n) is 31.3. The summed E-state index contributed by atoms with van der Waals surface area (Å²) in [5, 5.41) is -3.22. The number of rotatable bonds is 10. The SMILES string of the molecule is C.C.CC(C)N1C(=O)Cc2c(-c3ccccc3)cccc21.CC(C)N1C(=O)Cc2c(-c3ccccc3)cccc21.CC(C)N1c2cccc(-c3ccccc3)c2CC1Cl.CC(C)n1c(=O)n(C(=O)OC(C)(C)C)c2c(-c3ccccc3)cccc21.CC(C)n1c(=O)n(C(=O)OC(C)(C)C)c2c(-c3ccccc3)cccc21.O=P(Cl)(Cl)Cl. The van der Waals surface area contributed by atoms with E-state index in [4.69, 9.17) is 21.1 Å². The molecule has 0 aliphatic carbocycles. The molecule has 0 saturated heterocycles. The van der Waals surface area contributed by atoms with Gasteiger partial charge in [0.15, 0.2) is 0 Å². The molecule has 0 N–H and O–H groups in total. The molecule has 3 aliphatic heterocycles. The normalized spacial score (nSPS) is 13.4. The van der Waals surface area contributed by atoms with Crippen LogP contribution in [0.2, 0.25) is 0 Å². The van der Waals surface area contributed by atoms with Gasteiger partial charge in [-0.15, -0.1) is 0 Å². The first-order chi connectivity index (χ1) is 54.0. The highest BCUT2D eigenvalue weighted by Gasteiger charge is 2.35. The molecule has 116 heavy (non-hydrogen) atoms. The zero-order valence-corrected chi connectivity index (χ0v) is 71.4. The summed E-state index contributed by atoms with van der Waals surface area (Å²) in [6.45, 7) is 31.0. The maximum atomic E-state index is 13.1. The molecule has 0 saturated carbocycles. The number of hydrogen-bond donors (Lipinski definition) is 0. The van der Waals surface area contributed by atoms with Crippen LogP contribution in [0, 0.1) is 0 Å². The quantitative estimate of drug-likeness (QED) is 0.0730. The third-order valence-electron chi connectivity index (χ3n) is 19.1. The van der Waals surface area contributed by atoms with Gasteiger partial charge in [-0.05, 0) is 236 Å². The number of halogens is 4. The number of para-hydroxylation sites is 2. The van der Waals surface area contributed by atoms with Gasteiger partial charge in [0, 0.05) is 64.8 Å². The summed E-state index contributed by atoms with van der Waals surface area (Å²) < 4.78 is 26.1. The Morgan fingerprint density at radius 3 is 0.914 bits per heavy atom. The van der Waals surface area contributed by atoms with Crippen molar-refractivity contribution >= 4 is 114 Å². The number of carbonyl (C=O) groups is 4. The number of amides is 2. The van der Waals surface area contributed by atoms with Crippen molar-refractivity contribution in [2.24, 2.45) is 0 Å². The van der Waals surface area contributed by atoms with Gasteiger partial charge in [-0.3, -0.25) is 23.3 Å². The number of anilines is 3. The minimum Gasteiger partial charge on any atom is -0.443 e. The molecule has 0 fully saturated rings. The zero-order valence-electron chi connectivity index (χ0n) is 67.4. The van der Waals surface area contributed by atoms with Gasteiger partial charge in [0.05, 0.1) is 34.9 Å². The highest BCUT2D eigenvalue weighted by atomic mass is 36.0. The van der Waals surface area contributed by atoms with Crippen molar-refractivity contribution in [3.8, 4) is 55.6 Å². The summed E-state index contributed by atoms with van der Waals surface area (Å²) in [5.74, 6) is 0.404. The van der Waals surface area contributed by atoms with Gasteiger partial charge in [0.1, 0.15) is 16.7 Å². The fourth-order valence-corrected chi connectivity index (χ4v) is 15.2. The molecule has 21 heteroatoms. The monoisotopic (exact) mass is 1660 g/mol. The number of alkyl halides is 1. The average Bonchev–Trinajstić information content (AvgIpc) is 1.59. The van der Waals surface area contributed by atoms with Crippen LogP contribution < -0.4 is 26.1 Å². The van der Waals surface area contributed by atoms with E-state index in [1.165, 1.54) is 44.6 Å². The predicted molar refractivity (Wildman–Crippen MR) is 485 cm³/mol. The van der Waals surface area contributed by atoms with E-state index in [-0.39, 0.29) is 67.7 Å². The van der Waals surface area contributed by atoms with Gasteiger partial charge >= 0.3 is 28.8 Å². The summed E-state index contributed by atoms with van der Waals surface area (Å²) in [6, 6.07) is 81.5. The molecular formula is C95H108Cl4N7O9P. The van der Waals surface area contributed by atoms with Crippen LogP contribution in [0.15, 0.2) is 252 Å². The van der Waals surface area contributed by atoms with Gasteiger partial charge < -0.3 is 24.2 Å². The van der Waals surface area contributed by atoms with E-state index < -0.39 is 28.6 Å².